The molecule has 0 aromatic heterocycles. The van der Waals surface area contributed by atoms with Gasteiger partial charge in [0.2, 0.25) is 0 Å². The second-order valence-electron chi connectivity index (χ2n) is 6.99. The summed E-state index contributed by atoms with van der Waals surface area (Å²) >= 11 is 15.8. The maximum atomic E-state index is 4.99. The summed E-state index contributed by atoms with van der Waals surface area (Å²) in [7, 11) is 3.55. The van der Waals surface area contributed by atoms with E-state index >= 15 is 0 Å². The summed E-state index contributed by atoms with van der Waals surface area (Å²) in [6.07, 6.45) is 10.7. The zero-order valence-electron chi connectivity index (χ0n) is 14.6. The fraction of sp³-hybridized carbons (Fsp3) is 0.667. The zero-order chi connectivity index (χ0) is 18.0. The lowest BCUT2D eigenvalue weighted by Crippen LogP contribution is -2.25. The Morgan fingerprint density at radius 3 is 1.85 bits per heavy atom. The molecule has 26 heavy (non-hydrogen) atoms. The van der Waals surface area contributed by atoms with Crippen molar-refractivity contribution in [3.63, 3.8) is 0 Å². The van der Waals surface area contributed by atoms with Gasteiger partial charge in [-0.1, -0.05) is 90.6 Å². The highest BCUT2D eigenvalue weighted by molar-refractivity contribution is 9.28. The average molecular weight is 499 g/mol. The Bertz CT molecular complexity index is 564. The molecule has 0 aromatic rings. The number of hydrogen-bond acceptors (Lipinski definition) is 7. The molecule has 146 valence electrons. The SMILES string of the molecule is SC1CCCCC1SS1(SC2CCCCC2S)C=CSC1=C1SC=CS1. The van der Waals surface area contributed by atoms with Crippen LogP contribution in [0.4, 0.5) is 0 Å². The van der Waals surface area contributed by atoms with E-state index in [1.54, 1.807) is 4.24 Å². The molecular formula is C18H26S8. The van der Waals surface area contributed by atoms with E-state index in [1.807, 2.05) is 35.3 Å². The first kappa shape index (κ1) is 21.3. The van der Waals surface area contributed by atoms with E-state index in [4.69, 9.17) is 25.3 Å². The maximum absolute atomic E-state index is 4.99. The first-order chi connectivity index (χ1) is 12.7. The van der Waals surface area contributed by atoms with Crippen molar-refractivity contribution in [2.75, 3.05) is 0 Å². The molecule has 0 spiro atoms. The van der Waals surface area contributed by atoms with Gasteiger partial charge in [-0.15, -0.1) is 0 Å². The topological polar surface area (TPSA) is 0 Å². The van der Waals surface area contributed by atoms with Crippen LogP contribution in [0.1, 0.15) is 51.4 Å². The quantitative estimate of drug-likeness (QED) is 0.292. The summed E-state index contributed by atoms with van der Waals surface area (Å²) in [5.74, 6) is 0. The third-order valence-corrected chi connectivity index (χ3v) is 21.7. The Morgan fingerprint density at radius 2 is 1.31 bits per heavy atom. The molecule has 2 aliphatic carbocycles. The van der Waals surface area contributed by atoms with Gasteiger partial charge in [0.05, 0.1) is 8.47 Å². The number of hydrogen-bond donors (Lipinski definition) is 2. The van der Waals surface area contributed by atoms with Crippen molar-refractivity contribution < 1.29 is 0 Å². The zero-order valence-corrected chi connectivity index (χ0v) is 21.3. The van der Waals surface area contributed by atoms with Gasteiger partial charge in [0, 0.05) is 21.0 Å². The lowest BCUT2D eigenvalue weighted by Gasteiger charge is -2.43. The molecule has 0 radical (unpaired) electrons. The smallest absolute Gasteiger partial charge is 0.0696 e. The minimum absolute atomic E-state index is 0.559. The van der Waals surface area contributed by atoms with Crippen LogP contribution in [-0.4, -0.2) is 21.0 Å². The lowest BCUT2D eigenvalue weighted by molar-refractivity contribution is 0.531. The molecule has 0 aromatic carbocycles. The molecule has 0 N–H and O–H groups in total. The summed E-state index contributed by atoms with van der Waals surface area (Å²) < 4.78 is 3.16. The van der Waals surface area contributed by atoms with Crippen LogP contribution in [0.5, 0.6) is 0 Å². The van der Waals surface area contributed by atoms with Crippen molar-refractivity contribution in [2.24, 2.45) is 0 Å². The van der Waals surface area contributed by atoms with E-state index in [9.17, 15) is 0 Å². The van der Waals surface area contributed by atoms with Gasteiger partial charge in [-0.05, 0) is 47.3 Å². The number of thiol groups is 2. The Kier molecular flexibility index (Phi) is 8.08. The third-order valence-electron chi connectivity index (χ3n) is 5.11. The molecule has 8 heteroatoms. The third kappa shape index (κ3) is 4.84. The lowest BCUT2D eigenvalue weighted by atomic mass is 10.00. The van der Waals surface area contributed by atoms with Crippen molar-refractivity contribution in [1.82, 2.24) is 0 Å². The Hall–Kier alpha value is 2.02. The molecule has 4 atom stereocenters. The number of thioether (sulfide) groups is 3. The summed E-state index contributed by atoms with van der Waals surface area (Å²) in [4.78, 5) is 0. The second kappa shape index (κ2) is 9.88. The number of rotatable bonds is 4. The van der Waals surface area contributed by atoms with Gasteiger partial charge in [-0.3, -0.25) is 0 Å². The Labute approximate surface area is 191 Å². The van der Waals surface area contributed by atoms with Gasteiger partial charge in [-0.25, -0.2) is 0 Å². The molecule has 0 saturated heterocycles. The van der Waals surface area contributed by atoms with Crippen molar-refractivity contribution in [3.8, 4) is 0 Å². The molecule has 2 aliphatic heterocycles. The fourth-order valence-electron chi connectivity index (χ4n) is 3.68. The standard InChI is InChI=1S/C18H26S8/c19-13-5-1-3-7-15(13)24-26(25-16-8-4-2-6-14(16)20)12-11-23-18(26)17-21-9-10-22-17/h9-16,19-20H,1-8H2. The minimum Gasteiger partial charge on any atom is -0.175 e. The van der Waals surface area contributed by atoms with Crippen LogP contribution in [0, 0.1) is 0 Å². The first-order valence-electron chi connectivity index (χ1n) is 9.30. The molecule has 0 amide bonds. The van der Waals surface area contributed by atoms with Crippen LogP contribution in [0.3, 0.4) is 0 Å². The molecule has 2 fully saturated rings. The van der Waals surface area contributed by atoms with Gasteiger partial charge in [0.15, 0.2) is 0 Å². The normalized spacial score (nSPS) is 43.0. The highest BCUT2D eigenvalue weighted by atomic mass is 33.6. The fourth-order valence-corrected chi connectivity index (χ4v) is 22.9. The van der Waals surface area contributed by atoms with E-state index in [-0.39, 0.29) is 0 Å². The van der Waals surface area contributed by atoms with Crippen molar-refractivity contribution in [3.05, 3.63) is 30.1 Å². The van der Waals surface area contributed by atoms with Crippen LogP contribution in [-0.2, 0) is 0 Å². The molecule has 2 saturated carbocycles. The van der Waals surface area contributed by atoms with Crippen LogP contribution in [0.25, 0.3) is 0 Å². The summed E-state index contributed by atoms with van der Waals surface area (Å²) in [6, 6.07) is 0. The van der Waals surface area contributed by atoms with Gasteiger partial charge in [0.25, 0.3) is 0 Å². The molecule has 0 nitrogen and oxygen atoms in total. The molecule has 0 bridgehead atoms. The van der Waals surface area contributed by atoms with E-state index < -0.39 is 8.09 Å². The largest absolute Gasteiger partial charge is 0.175 e. The summed E-state index contributed by atoms with van der Waals surface area (Å²) in [6.45, 7) is 0. The summed E-state index contributed by atoms with van der Waals surface area (Å²) in [5.41, 5.74) is 0. The van der Waals surface area contributed by atoms with Gasteiger partial charge in [-0.2, -0.15) is 25.3 Å². The van der Waals surface area contributed by atoms with Crippen LogP contribution >= 0.6 is 90.2 Å². The molecule has 4 aliphatic rings. The van der Waals surface area contributed by atoms with E-state index in [0.29, 0.717) is 21.0 Å². The average Bonchev–Trinajstić information content (AvgIpc) is 3.29. The highest BCUT2D eigenvalue weighted by Crippen LogP contribution is 2.85. The van der Waals surface area contributed by atoms with Crippen molar-refractivity contribution >= 4 is 90.2 Å². The monoisotopic (exact) mass is 498 g/mol. The highest BCUT2D eigenvalue weighted by Gasteiger charge is 2.42. The predicted octanol–water partition coefficient (Wildman–Crippen LogP) is 8.87. The molecule has 4 rings (SSSR count). The minimum atomic E-state index is -1.03. The maximum Gasteiger partial charge on any atom is 0.0696 e. The van der Waals surface area contributed by atoms with E-state index in [0.717, 1.165) is 0 Å². The first-order valence-corrected chi connectivity index (χ1v) is 17.5. The second-order valence-corrected chi connectivity index (χ2v) is 19.9. The van der Waals surface area contributed by atoms with E-state index in [1.165, 1.54) is 55.6 Å². The van der Waals surface area contributed by atoms with Crippen LogP contribution in [0.2, 0.25) is 0 Å². The van der Waals surface area contributed by atoms with E-state index in [2.05, 4.69) is 43.2 Å². The molecule has 2 heterocycles. The Morgan fingerprint density at radius 1 is 0.769 bits per heavy atom. The van der Waals surface area contributed by atoms with Gasteiger partial charge < -0.3 is 0 Å². The van der Waals surface area contributed by atoms with Crippen molar-refractivity contribution in [2.45, 2.75) is 72.4 Å². The Balaban J connectivity index is 1.62. The van der Waals surface area contributed by atoms with Crippen LogP contribution in [0.15, 0.2) is 30.1 Å². The molecular weight excluding hydrogens is 473 g/mol. The van der Waals surface area contributed by atoms with Gasteiger partial charge >= 0.3 is 0 Å². The molecule has 4 unspecified atom stereocenters. The predicted molar refractivity (Wildman–Crippen MR) is 141 cm³/mol. The van der Waals surface area contributed by atoms with Crippen molar-refractivity contribution in [1.29, 1.82) is 0 Å². The van der Waals surface area contributed by atoms with Crippen LogP contribution < -0.4 is 0 Å². The summed E-state index contributed by atoms with van der Waals surface area (Å²) in [5, 5.41) is 12.0. The van der Waals surface area contributed by atoms with Gasteiger partial charge in [0.1, 0.15) is 0 Å².